The number of terminal acetylenes is 1. The van der Waals surface area contributed by atoms with Crippen LogP contribution in [0.2, 0.25) is 0 Å². The molecule has 1 unspecified atom stereocenters. The summed E-state index contributed by atoms with van der Waals surface area (Å²) in [5.74, 6) is 3.64. The molecule has 2 nitrogen and oxygen atoms in total. The molecule has 0 aromatic heterocycles. The van der Waals surface area contributed by atoms with Gasteiger partial charge in [-0.1, -0.05) is 30.2 Å². The van der Waals surface area contributed by atoms with Gasteiger partial charge in [0.15, 0.2) is 0 Å². The second kappa shape index (κ2) is 5.07. The van der Waals surface area contributed by atoms with Crippen molar-refractivity contribution in [3.8, 4) is 18.1 Å². The van der Waals surface area contributed by atoms with Gasteiger partial charge in [-0.25, -0.2) is 0 Å². The van der Waals surface area contributed by atoms with Crippen molar-refractivity contribution in [2.45, 2.75) is 12.5 Å². The molecule has 1 heterocycles. The summed E-state index contributed by atoms with van der Waals surface area (Å²) in [5, 5.41) is 3.38. The van der Waals surface area contributed by atoms with Crippen LogP contribution in [-0.2, 0) is 6.42 Å². The first-order valence-electron chi connectivity index (χ1n) is 6.40. The lowest BCUT2D eigenvalue weighted by Gasteiger charge is -2.13. The Morgan fingerprint density at radius 3 is 2.95 bits per heavy atom. The maximum Gasteiger partial charge on any atom is 0.123 e. The lowest BCUT2D eigenvalue weighted by Crippen LogP contribution is -2.23. The number of para-hydroxylation sites is 1. The number of anilines is 1. The van der Waals surface area contributed by atoms with Crippen LogP contribution in [-0.4, -0.2) is 12.6 Å². The zero-order valence-electron chi connectivity index (χ0n) is 10.6. The Morgan fingerprint density at radius 1 is 1.21 bits per heavy atom. The average Bonchev–Trinajstić information content (AvgIpc) is 2.88. The highest BCUT2D eigenvalue weighted by atomic mass is 16.5. The van der Waals surface area contributed by atoms with Gasteiger partial charge in [-0.2, -0.15) is 0 Å². The Morgan fingerprint density at radius 2 is 2.11 bits per heavy atom. The van der Waals surface area contributed by atoms with E-state index in [1.807, 2.05) is 42.5 Å². The molecule has 0 bridgehead atoms. The smallest absolute Gasteiger partial charge is 0.123 e. The van der Waals surface area contributed by atoms with Gasteiger partial charge in [0.25, 0.3) is 0 Å². The van der Waals surface area contributed by atoms with Gasteiger partial charge in [0.05, 0.1) is 6.54 Å². The Kier molecular flexibility index (Phi) is 3.12. The van der Waals surface area contributed by atoms with E-state index < -0.39 is 0 Å². The molecule has 2 heteroatoms. The third kappa shape index (κ3) is 2.56. The van der Waals surface area contributed by atoms with Gasteiger partial charge in [-0.15, -0.1) is 6.42 Å². The first-order valence-corrected chi connectivity index (χ1v) is 6.40. The third-order valence-corrected chi connectivity index (χ3v) is 3.28. The van der Waals surface area contributed by atoms with Gasteiger partial charge in [0.2, 0.25) is 0 Å². The van der Waals surface area contributed by atoms with E-state index in [1.54, 1.807) is 0 Å². The standard InChI is InChI=1S/C17H15NO/c1-2-13-6-5-8-15(10-13)18-12-16-11-14-7-3-4-9-17(14)19-16/h1,3-10,16,18H,11-12H2. The maximum atomic E-state index is 5.88. The molecule has 3 rings (SSSR count). The SMILES string of the molecule is C#Cc1cccc(NCC2Cc3ccccc3O2)c1. The summed E-state index contributed by atoms with van der Waals surface area (Å²) in [6.07, 6.45) is 6.54. The van der Waals surface area contributed by atoms with Crippen LogP contribution in [0, 0.1) is 12.3 Å². The summed E-state index contributed by atoms with van der Waals surface area (Å²) in [7, 11) is 0. The van der Waals surface area contributed by atoms with Crippen molar-refractivity contribution >= 4 is 5.69 Å². The fraction of sp³-hybridized carbons (Fsp3) is 0.176. The van der Waals surface area contributed by atoms with Crippen LogP contribution in [0.5, 0.6) is 5.75 Å². The number of hydrogen-bond acceptors (Lipinski definition) is 2. The maximum absolute atomic E-state index is 5.88. The van der Waals surface area contributed by atoms with Crippen molar-refractivity contribution in [2.24, 2.45) is 0 Å². The number of rotatable bonds is 3. The number of fused-ring (bicyclic) bond motifs is 1. The number of benzene rings is 2. The highest BCUT2D eigenvalue weighted by Crippen LogP contribution is 2.28. The molecule has 0 fully saturated rings. The lowest BCUT2D eigenvalue weighted by atomic mass is 10.1. The van der Waals surface area contributed by atoms with E-state index in [-0.39, 0.29) is 6.10 Å². The summed E-state index contributed by atoms with van der Waals surface area (Å²) in [6.45, 7) is 0.780. The minimum Gasteiger partial charge on any atom is -0.488 e. The first kappa shape index (κ1) is 11.7. The Bertz CT molecular complexity index is 602. The summed E-state index contributed by atoms with van der Waals surface area (Å²) in [4.78, 5) is 0. The number of ether oxygens (including phenoxy) is 1. The molecule has 0 amide bonds. The summed E-state index contributed by atoms with van der Waals surface area (Å²) in [6, 6.07) is 16.1. The number of hydrogen-bond donors (Lipinski definition) is 1. The van der Waals surface area contributed by atoms with Gasteiger partial charge in [-0.3, -0.25) is 0 Å². The molecular weight excluding hydrogens is 234 g/mol. The van der Waals surface area contributed by atoms with E-state index in [0.717, 1.165) is 30.0 Å². The Balaban J connectivity index is 1.61. The van der Waals surface area contributed by atoms with E-state index in [1.165, 1.54) is 5.56 Å². The molecule has 0 aliphatic carbocycles. The van der Waals surface area contributed by atoms with E-state index in [0.29, 0.717) is 0 Å². The molecule has 2 aromatic rings. The Hall–Kier alpha value is -2.40. The van der Waals surface area contributed by atoms with Gasteiger partial charge < -0.3 is 10.1 Å². The minimum atomic E-state index is 0.187. The first-order chi connectivity index (χ1) is 9.35. The van der Waals surface area contributed by atoms with Gasteiger partial charge in [-0.05, 0) is 29.8 Å². The third-order valence-electron chi connectivity index (χ3n) is 3.28. The van der Waals surface area contributed by atoms with Crippen LogP contribution in [0.1, 0.15) is 11.1 Å². The van der Waals surface area contributed by atoms with Crippen molar-refractivity contribution in [1.29, 1.82) is 0 Å². The zero-order chi connectivity index (χ0) is 13.1. The normalized spacial score (nSPS) is 16.3. The second-order valence-electron chi connectivity index (χ2n) is 4.66. The fourth-order valence-corrected chi connectivity index (χ4v) is 2.32. The fourth-order valence-electron chi connectivity index (χ4n) is 2.32. The predicted octanol–water partition coefficient (Wildman–Crippen LogP) is 3.08. The van der Waals surface area contributed by atoms with Crippen LogP contribution in [0.3, 0.4) is 0 Å². The minimum absolute atomic E-state index is 0.187. The average molecular weight is 249 g/mol. The van der Waals surface area contributed by atoms with E-state index in [2.05, 4.69) is 17.3 Å². The van der Waals surface area contributed by atoms with Crippen molar-refractivity contribution in [3.63, 3.8) is 0 Å². The molecule has 1 N–H and O–H groups in total. The quantitative estimate of drug-likeness (QED) is 0.844. The van der Waals surface area contributed by atoms with Crippen molar-refractivity contribution < 1.29 is 4.74 Å². The van der Waals surface area contributed by atoms with Crippen LogP contribution < -0.4 is 10.1 Å². The second-order valence-corrected chi connectivity index (χ2v) is 4.66. The van der Waals surface area contributed by atoms with E-state index >= 15 is 0 Å². The predicted molar refractivity (Wildman–Crippen MR) is 77.4 cm³/mol. The van der Waals surface area contributed by atoms with Crippen LogP contribution in [0.25, 0.3) is 0 Å². The molecule has 0 spiro atoms. The summed E-state index contributed by atoms with van der Waals surface area (Å²) >= 11 is 0. The van der Waals surface area contributed by atoms with Gasteiger partial charge in [0.1, 0.15) is 11.9 Å². The highest BCUT2D eigenvalue weighted by molar-refractivity contribution is 5.50. The van der Waals surface area contributed by atoms with Crippen LogP contribution in [0.15, 0.2) is 48.5 Å². The van der Waals surface area contributed by atoms with Crippen molar-refractivity contribution in [3.05, 3.63) is 59.7 Å². The molecule has 0 saturated carbocycles. The molecule has 1 atom stereocenters. The van der Waals surface area contributed by atoms with Crippen molar-refractivity contribution in [2.75, 3.05) is 11.9 Å². The van der Waals surface area contributed by atoms with Crippen LogP contribution >= 0.6 is 0 Å². The molecular formula is C17H15NO. The summed E-state index contributed by atoms with van der Waals surface area (Å²) < 4.78 is 5.88. The van der Waals surface area contributed by atoms with E-state index in [4.69, 9.17) is 11.2 Å². The van der Waals surface area contributed by atoms with Gasteiger partial charge in [0, 0.05) is 17.7 Å². The monoisotopic (exact) mass is 249 g/mol. The molecule has 0 saturated heterocycles. The lowest BCUT2D eigenvalue weighted by molar-refractivity contribution is 0.246. The molecule has 94 valence electrons. The van der Waals surface area contributed by atoms with E-state index in [9.17, 15) is 0 Å². The topological polar surface area (TPSA) is 21.3 Å². The van der Waals surface area contributed by atoms with Crippen LogP contribution in [0.4, 0.5) is 5.69 Å². The molecule has 1 aliphatic rings. The largest absolute Gasteiger partial charge is 0.488 e. The van der Waals surface area contributed by atoms with Gasteiger partial charge >= 0.3 is 0 Å². The molecule has 1 aliphatic heterocycles. The Labute approximate surface area is 113 Å². The summed E-state index contributed by atoms with van der Waals surface area (Å²) in [5.41, 5.74) is 3.21. The zero-order valence-corrected chi connectivity index (χ0v) is 10.6. The highest BCUT2D eigenvalue weighted by Gasteiger charge is 2.21. The number of nitrogens with one attached hydrogen (secondary N) is 1. The molecule has 19 heavy (non-hydrogen) atoms. The molecule has 0 radical (unpaired) electrons. The molecule has 2 aromatic carbocycles. The van der Waals surface area contributed by atoms with Crippen molar-refractivity contribution in [1.82, 2.24) is 0 Å².